The summed E-state index contributed by atoms with van der Waals surface area (Å²) in [6.45, 7) is 3.22. The summed E-state index contributed by atoms with van der Waals surface area (Å²) in [4.78, 5) is 20.9. The average molecular weight is 156 g/mol. The molecule has 62 valence electrons. The molecule has 11 heavy (non-hydrogen) atoms. The minimum atomic E-state index is -0.998. The van der Waals surface area contributed by atoms with Crippen LogP contribution >= 0.6 is 0 Å². The van der Waals surface area contributed by atoms with Crippen molar-refractivity contribution in [2.75, 3.05) is 0 Å². The Morgan fingerprint density at radius 1 is 1.45 bits per heavy atom. The van der Waals surface area contributed by atoms with Gasteiger partial charge in [0.05, 0.1) is 0 Å². The first-order valence-electron chi connectivity index (χ1n) is 3.52. The Kier molecular flexibility index (Phi) is 4.18. The Balaban J connectivity index is 4.32. The van der Waals surface area contributed by atoms with Crippen molar-refractivity contribution in [3.8, 4) is 0 Å². The van der Waals surface area contributed by atoms with Crippen LogP contribution in [0.5, 0.6) is 0 Å². The molecule has 0 aliphatic carbocycles. The molecular weight excluding hydrogens is 144 g/mol. The molecule has 0 aromatic heterocycles. The van der Waals surface area contributed by atoms with E-state index in [4.69, 9.17) is 5.11 Å². The molecule has 0 aromatic carbocycles. The summed E-state index contributed by atoms with van der Waals surface area (Å²) < 4.78 is 0. The zero-order chi connectivity index (χ0) is 8.85. The number of carbonyl (C=O) groups excluding carboxylic acids is 1. The van der Waals surface area contributed by atoms with Crippen LogP contribution in [0.2, 0.25) is 0 Å². The van der Waals surface area contributed by atoms with Crippen LogP contribution in [-0.2, 0) is 9.59 Å². The summed E-state index contributed by atoms with van der Waals surface area (Å²) in [5.41, 5.74) is 0.194. The maximum atomic E-state index is 10.5. The van der Waals surface area contributed by atoms with Gasteiger partial charge in [-0.2, -0.15) is 0 Å². The second-order valence-corrected chi connectivity index (χ2v) is 2.34. The van der Waals surface area contributed by atoms with Gasteiger partial charge in [0.2, 0.25) is 0 Å². The van der Waals surface area contributed by atoms with Crippen molar-refractivity contribution in [3.05, 3.63) is 11.6 Å². The molecule has 0 spiro atoms. The minimum absolute atomic E-state index is 0.194. The van der Waals surface area contributed by atoms with Gasteiger partial charge in [-0.3, -0.25) is 4.79 Å². The lowest BCUT2D eigenvalue weighted by Crippen LogP contribution is -2.02. The molecule has 0 bridgehead atoms. The standard InChI is InChI=1S/C8H12O3/c1-3-4-7(8(10)11)5-6(2)9/h5H,3-4H2,1-2H3,(H,10,11). The summed E-state index contributed by atoms with van der Waals surface area (Å²) in [5.74, 6) is -1.21. The SMILES string of the molecule is CCCC(=CC(C)=O)C(=O)O. The summed E-state index contributed by atoms with van der Waals surface area (Å²) in [6.07, 6.45) is 2.37. The molecular formula is C8H12O3. The lowest BCUT2D eigenvalue weighted by molar-refractivity contribution is -0.133. The molecule has 0 heterocycles. The summed E-state index contributed by atoms with van der Waals surface area (Å²) in [7, 11) is 0. The molecule has 3 nitrogen and oxygen atoms in total. The lowest BCUT2D eigenvalue weighted by Gasteiger charge is -1.96. The van der Waals surface area contributed by atoms with Crippen LogP contribution in [0.15, 0.2) is 11.6 Å². The minimum Gasteiger partial charge on any atom is -0.478 e. The third kappa shape index (κ3) is 4.31. The van der Waals surface area contributed by atoms with E-state index < -0.39 is 5.97 Å². The first-order valence-corrected chi connectivity index (χ1v) is 3.52. The molecule has 0 aromatic rings. The molecule has 0 aliphatic heterocycles. The van der Waals surface area contributed by atoms with E-state index in [1.54, 1.807) is 0 Å². The van der Waals surface area contributed by atoms with Crippen molar-refractivity contribution in [1.29, 1.82) is 0 Å². The zero-order valence-electron chi connectivity index (χ0n) is 6.76. The Bertz CT molecular complexity index is 192. The molecule has 0 saturated heterocycles. The van der Waals surface area contributed by atoms with Crippen molar-refractivity contribution in [3.63, 3.8) is 0 Å². The fourth-order valence-corrected chi connectivity index (χ4v) is 0.756. The Hall–Kier alpha value is -1.12. The molecule has 0 fully saturated rings. The third-order valence-corrected chi connectivity index (χ3v) is 1.17. The predicted octanol–water partition coefficient (Wildman–Crippen LogP) is 1.39. The molecule has 0 amide bonds. The first kappa shape index (κ1) is 9.88. The fourth-order valence-electron chi connectivity index (χ4n) is 0.756. The number of carboxylic acids is 1. The van der Waals surface area contributed by atoms with Crippen LogP contribution in [0.25, 0.3) is 0 Å². The van der Waals surface area contributed by atoms with Gasteiger partial charge in [-0.25, -0.2) is 4.79 Å². The van der Waals surface area contributed by atoms with Gasteiger partial charge in [0.15, 0.2) is 5.78 Å². The van der Waals surface area contributed by atoms with E-state index in [-0.39, 0.29) is 11.4 Å². The van der Waals surface area contributed by atoms with E-state index in [0.717, 1.165) is 6.42 Å². The van der Waals surface area contributed by atoms with Crippen LogP contribution in [0.3, 0.4) is 0 Å². The van der Waals surface area contributed by atoms with E-state index in [0.29, 0.717) is 6.42 Å². The first-order chi connectivity index (χ1) is 5.07. The molecule has 1 N–H and O–H groups in total. The highest BCUT2D eigenvalue weighted by molar-refractivity contribution is 5.97. The van der Waals surface area contributed by atoms with Crippen LogP contribution in [0.4, 0.5) is 0 Å². The normalized spacial score (nSPS) is 11.3. The van der Waals surface area contributed by atoms with Crippen molar-refractivity contribution in [1.82, 2.24) is 0 Å². The van der Waals surface area contributed by atoms with Gasteiger partial charge in [-0.05, 0) is 19.4 Å². The topological polar surface area (TPSA) is 54.4 Å². The molecule has 0 unspecified atom stereocenters. The Morgan fingerprint density at radius 2 is 2.00 bits per heavy atom. The number of allylic oxidation sites excluding steroid dienone is 1. The number of carboxylic acid groups (broad SMARTS) is 1. The molecule has 0 radical (unpaired) electrons. The summed E-state index contributed by atoms with van der Waals surface area (Å²) in [5, 5.41) is 8.53. The van der Waals surface area contributed by atoms with Gasteiger partial charge in [0.1, 0.15) is 0 Å². The van der Waals surface area contributed by atoms with Gasteiger partial charge in [0, 0.05) is 5.57 Å². The summed E-state index contributed by atoms with van der Waals surface area (Å²) >= 11 is 0. The van der Waals surface area contributed by atoms with Crippen LogP contribution in [0.1, 0.15) is 26.7 Å². The van der Waals surface area contributed by atoms with Crippen LogP contribution in [0, 0.1) is 0 Å². The van der Waals surface area contributed by atoms with Gasteiger partial charge in [-0.1, -0.05) is 13.3 Å². The average Bonchev–Trinajstić information content (AvgIpc) is 1.86. The largest absolute Gasteiger partial charge is 0.478 e. The number of hydrogen-bond donors (Lipinski definition) is 1. The number of hydrogen-bond acceptors (Lipinski definition) is 2. The third-order valence-electron chi connectivity index (χ3n) is 1.17. The molecule has 0 rings (SSSR count). The summed E-state index contributed by atoms with van der Waals surface area (Å²) in [6, 6.07) is 0. The molecule has 3 heteroatoms. The van der Waals surface area contributed by atoms with Crippen LogP contribution in [-0.4, -0.2) is 16.9 Å². The van der Waals surface area contributed by atoms with E-state index in [9.17, 15) is 9.59 Å². The lowest BCUT2D eigenvalue weighted by atomic mass is 10.1. The monoisotopic (exact) mass is 156 g/mol. The van der Waals surface area contributed by atoms with Gasteiger partial charge >= 0.3 is 5.97 Å². The fraction of sp³-hybridized carbons (Fsp3) is 0.500. The zero-order valence-corrected chi connectivity index (χ0v) is 6.76. The number of ketones is 1. The highest BCUT2D eigenvalue weighted by atomic mass is 16.4. The van der Waals surface area contributed by atoms with Gasteiger partial charge < -0.3 is 5.11 Å². The highest BCUT2D eigenvalue weighted by Crippen LogP contribution is 2.04. The van der Waals surface area contributed by atoms with Gasteiger partial charge in [-0.15, -0.1) is 0 Å². The number of aliphatic carboxylic acids is 1. The van der Waals surface area contributed by atoms with Crippen LogP contribution < -0.4 is 0 Å². The second kappa shape index (κ2) is 4.66. The van der Waals surface area contributed by atoms with E-state index in [1.807, 2.05) is 6.92 Å². The van der Waals surface area contributed by atoms with E-state index >= 15 is 0 Å². The van der Waals surface area contributed by atoms with E-state index in [2.05, 4.69) is 0 Å². The molecule has 0 atom stereocenters. The smallest absolute Gasteiger partial charge is 0.331 e. The Morgan fingerprint density at radius 3 is 2.27 bits per heavy atom. The maximum absolute atomic E-state index is 10.5. The molecule has 0 saturated carbocycles. The Labute approximate surface area is 65.7 Å². The van der Waals surface area contributed by atoms with Crippen molar-refractivity contribution in [2.24, 2.45) is 0 Å². The maximum Gasteiger partial charge on any atom is 0.331 e. The van der Waals surface area contributed by atoms with E-state index in [1.165, 1.54) is 13.0 Å². The quantitative estimate of drug-likeness (QED) is 0.626. The van der Waals surface area contributed by atoms with Crippen molar-refractivity contribution >= 4 is 11.8 Å². The van der Waals surface area contributed by atoms with Crippen molar-refractivity contribution < 1.29 is 14.7 Å². The van der Waals surface area contributed by atoms with Crippen molar-refractivity contribution in [2.45, 2.75) is 26.7 Å². The second-order valence-electron chi connectivity index (χ2n) is 2.34. The predicted molar refractivity (Wildman–Crippen MR) is 41.3 cm³/mol. The highest BCUT2D eigenvalue weighted by Gasteiger charge is 2.05. The molecule has 0 aliphatic rings. The number of carbonyl (C=O) groups is 2. The number of rotatable bonds is 4. The van der Waals surface area contributed by atoms with Gasteiger partial charge in [0.25, 0.3) is 0 Å².